The second kappa shape index (κ2) is 8.50. The number of rotatable bonds is 5. The predicted octanol–water partition coefficient (Wildman–Crippen LogP) is 2.35. The maximum Gasteiger partial charge on any atom is 0.412 e. The van der Waals surface area contributed by atoms with E-state index in [9.17, 15) is 9.90 Å². The van der Waals surface area contributed by atoms with Gasteiger partial charge in [-0.3, -0.25) is 0 Å². The lowest BCUT2D eigenvalue weighted by molar-refractivity contribution is 0.122. The minimum Gasteiger partial charge on any atom is -0.410 e. The van der Waals surface area contributed by atoms with E-state index in [1.54, 1.807) is 24.3 Å². The molecule has 0 radical (unpaired) electrons. The van der Waals surface area contributed by atoms with Crippen molar-refractivity contribution in [3.8, 4) is 5.75 Å². The third kappa shape index (κ3) is 4.95. The summed E-state index contributed by atoms with van der Waals surface area (Å²) in [5.74, 6) is 0.462. The molecule has 1 atom stereocenters. The lowest BCUT2D eigenvalue weighted by Crippen LogP contribution is -2.36. The maximum absolute atomic E-state index is 11.7. The number of carbonyl (C=O) groups excluding carboxylic acids is 1. The van der Waals surface area contributed by atoms with E-state index in [0.29, 0.717) is 5.75 Å². The summed E-state index contributed by atoms with van der Waals surface area (Å²) in [5.41, 5.74) is 1.85. The van der Waals surface area contributed by atoms with Gasteiger partial charge in [-0.2, -0.15) is 0 Å². The molecule has 2 N–H and O–H groups in total. The van der Waals surface area contributed by atoms with Crippen molar-refractivity contribution < 1.29 is 19.4 Å². The number of para-hydroxylation sites is 1. The molecule has 0 bridgehead atoms. The van der Waals surface area contributed by atoms with Crippen molar-refractivity contribution >= 4 is 11.8 Å². The Balaban J connectivity index is 1.49. The Morgan fingerprint density at radius 1 is 1.12 bits per heavy atom. The van der Waals surface area contributed by atoms with Gasteiger partial charge in [0.05, 0.1) is 25.9 Å². The van der Waals surface area contributed by atoms with Gasteiger partial charge in [-0.05, 0) is 29.8 Å². The van der Waals surface area contributed by atoms with Crippen LogP contribution in [0.2, 0.25) is 0 Å². The van der Waals surface area contributed by atoms with Crippen molar-refractivity contribution in [1.82, 2.24) is 5.32 Å². The first-order valence-electron chi connectivity index (χ1n) is 8.34. The number of benzene rings is 2. The number of hydrogen-bond acceptors (Lipinski definition) is 5. The normalized spacial score (nSPS) is 15.5. The summed E-state index contributed by atoms with van der Waals surface area (Å²) in [6, 6.07) is 16.5. The smallest absolute Gasteiger partial charge is 0.410 e. The number of aliphatic hydroxyl groups is 1. The lowest BCUT2D eigenvalue weighted by atomic mass is 10.1. The lowest BCUT2D eigenvalue weighted by Gasteiger charge is -2.29. The van der Waals surface area contributed by atoms with Gasteiger partial charge in [0, 0.05) is 18.8 Å². The highest BCUT2D eigenvalue weighted by Gasteiger charge is 2.14. The van der Waals surface area contributed by atoms with Crippen molar-refractivity contribution in [2.75, 3.05) is 37.7 Å². The zero-order chi connectivity index (χ0) is 17.5. The van der Waals surface area contributed by atoms with E-state index in [0.717, 1.165) is 37.6 Å². The Kier molecular flexibility index (Phi) is 5.87. The zero-order valence-corrected chi connectivity index (χ0v) is 13.9. The van der Waals surface area contributed by atoms with Crippen molar-refractivity contribution in [3.05, 3.63) is 60.2 Å². The third-order valence-electron chi connectivity index (χ3n) is 4.05. The van der Waals surface area contributed by atoms with Gasteiger partial charge in [0.1, 0.15) is 5.75 Å². The molecule has 0 aromatic heterocycles. The summed E-state index contributed by atoms with van der Waals surface area (Å²) >= 11 is 0. The van der Waals surface area contributed by atoms with Gasteiger partial charge in [0.15, 0.2) is 0 Å². The standard InChI is InChI=1S/C19H22N2O4/c22-18(14-20-19(23)25-17-4-2-1-3-5-17)15-6-8-16(9-7-15)21-10-12-24-13-11-21/h1-9,18,22H,10-14H2,(H,20,23). The number of ether oxygens (including phenoxy) is 2. The Bertz CT molecular complexity index is 670. The molecule has 2 aromatic rings. The molecule has 1 fully saturated rings. The Hall–Kier alpha value is -2.57. The van der Waals surface area contributed by atoms with E-state index in [2.05, 4.69) is 10.2 Å². The van der Waals surface area contributed by atoms with Crippen LogP contribution in [0.1, 0.15) is 11.7 Å². The van der Waals surface area contributed by atoms with Crippen LogP contribution in [-0.2, 0) is 4.74 Å². The maximum atomic E-state index is 11.7. The molecule has 1 saturated heterocycles. The SMILES string of the molecule is O=C(NCC(O)c1ccc(N2CCOCC2)cc1)Oc1ccccc1. The fraction of sp³-hybridized carbons (Fsp3) is 0.316. The largest absolute Gasteiger partial charge is 0.412 e. The number of nitrogens with zero attached hydrogens (tertiary/aromatic N) is 1. The van der Waals surface area contributed by atoms with Crippen LogP contribution >= 0.6 is 0 Å². The molecule has 132 valence electrons. The quantitative estimate of drug-likeness (QED) is 0.873. The molecular weight excluding hydrogens is 320 g/mol. The minimum atomic E-state index is -0.790. The number of aliphatic hydroxyl groups excluding tert-OH is 1. The van der Waals surface area contributed by atoms with Crippen LogP contribution in [0.25, 0.3) is 0 Å². The van der Waals surface area contributed by atoms with Crippen molar-refractivity contribution in [2.24, 2.45) is 0 Å². The average molecular weight is 342 g/mol. The van der Waals surface area contributed by atoms with Gasteiger partial charge in [-0.1, -0.05) is 30.3 Å². The van der Waals surface area contributed by atoms with Crippen LogP contribution in [0, 0.1) is 0 Å². The monoisotopic (exact) mass is 342 g/mol. The van der Waals surface area contributed by atoms with Gasteiger partial charge in [-0.25, -0.2) is 4.79 Å². The van der Waals surface area contributed by atoms with Crippen LogP contribution in [0.3, 0.4) is 0 Å². The number of amides is 1. The summed E-state index contributed by atoms with van der Waals surface area (Å²) in [6.45, 7) is 3.29. The fourth-order valence-corrected chi connectivity index (χ4v) is 2.66. The molecule has 1 unspecified atom stereocenters. The summed E-state index contributed by atoms with van der Waals surface area (Å²) in [4.78, 5) is 14.0. The molecule has 0 aliphatic carbocycles. The zero-order valence-electron chi connectivity index (χ0n) is 13.9. The first-order chi connectivity index (χ1) is 12.2. The molecule has 0 saturated carbocycles. The van der Waals surface area contributed by atoms with E-state index in [1.807, 2.05) is 30.3 Å². The molecule has 0 spiro atoms. The van der Waals surface area contributed by atoms with Gasteiger partial charge in [-0.15, -0.1) is 0 Å². The third-order valence-corrected chi connectivity index (χ3v) is 4.05. The van der Waals surface area contributed by atoms with E-state index >= 15 is 0 Å². The molecule has 1 aliphatic heterocycles. The van der Waals surface area contributed by atoms with Crippen LogP contribution in [0.15, 0.2) is 54.6 Å². The second-order valence-electron chi connectivity index (χ2n) is 5.79. The molecule has 2 aromatic carbocycles. The van der Waals surface area contributed by atoms with Gasteiger partial charge < -0.3 is 24.8 Å². The van der Waals surface area contributed by atoms with Crippen LogP contribution < -0.4 is 15.0 Å². The van der Waals surface area contributed by atoms with E-state index in [1.165, 1.54) is 0 Å². The Morgan fingerprint density at radius 3 is 2.48 bits per heavy atom. The van der Waals surface area contributed by atoms with Gasteiger partial charge >= 0.3 is 6.09 Å². The molecular formula is C19H22N2O4. The highest BCUT2D eigenvalue weighted by atomic mass is 16.6. The average Bonchev–Trinajstić information content (AvgIpc) is 2.68. The first-order valence-corrected chi connectivity index (χ1v) is 8.34. The van der Waals surface area contributed by atoms with Crippen LogP contribution in [0.4, 0.5) is 10.5 Å². The summed E-state index contributed by atoms with van der Waals surface area (Å²) in [7, 11) is 0. The molecule has 6 nitrogen and oxygen atoms in total. The van der Waals surface area contributed by atoms with E-state index < -0.39 is 12.2 Å². The predicted molar refractivity (Wildman–Crippen MR) is 94.9 cm³/mol. The second-order valence-corrected chi connectivity index (χ2v) is 5.79. The number of morpholine rings is 1. The minimum absolute atomic E-state index is 0.0859. The van der Waals surface area contributed by atoms with Crippen molar-refractivity contribution in [1.29, 1.82) is 0 Å². The first kappa shape index (κ1) is 17.3. The number of anilines is 1. The highest BCUT2D eigenvalue weighted by Crippen LogP contribution is 2.20. The molecule has 6 heteroatoms. The summed E-state index contributed by atoms with van der Waals surface area (Å²) in [6.07, 6.45) is -1.38. The fourth-order valence-electron chi connectivity index (χ4n) is 2.66. The molecule has 1 amide bonds. The number of carbonyl (C=O) groups is 1. The van der Waals surface area contributed by atoms with E-state index in [-0.39, 0.29) is 6.54 Å². The van der Waals surface area contributed by atoms with Crippen molar-refractivity contribution in [2.45, 2.75) is 6.10 Å². The molecule has 1 heterocycles. The topological polar surface area (TPSA) is 71.0 Å². The van der Waals surface area contributed by atoms with Gasteiger partial charge in [0.25, 0.3) is 0 Å². The summed E-state index contributed by atoms with van der Waals surface area (Å²) in [5, 5.41) is 12.8. The number of nitrogens with one attached hydrogen (secondary N) is 1. The van der Waals surface area contributed by atoms with E-state index in [4.69, 9.17) is 9.47 Å². The highest BCUT2D eigenvalue weighted by molar-refractivity contribution is 5.70. The van der Waals surface area contributed by atoms with Crippen LogP contribution in [-0.4, -0.2) is 44.0 Å². The molecule has 1 aliphatic rings. The Labute approximate surface area is 147 Å². The van der Waals surface area contributed by atoms with Crippen molar-refractivity contribution in [3.63, 3.8) is 0 Å². The summed E-state index contributed by atoms with van der Waals surface area (Å²) < 4.78 is 10.5. The Morgan fingerprint density at radius 2 is 1.80 bits per heavy atom. The van der Waals surface area contributed by atoms with Gasteiger partial charge in [0.2, 0.25) is 0 Å². The molecule has 25 heavy (non-hydrogen) atoms. The number of hydrogen-bond donors (Lipinski definition) is 2. The van der Waals surface area contributed by atoms with Crippen LogP contribution in [0.5, 0.6) is 5.75 Å². The molecule has 3 rings (SSSR count).